The van der Waals surface area contributed by atoms with Crippen LogP contribution in [0.2, 0.25) is 0 Å². The predicted molar refractivity (Wildman–Crippen MR) is 81.6 cm³/mol. The van der Waals surface area contributed by atoms with Crippen LogP contribution >= 0.6 is 0 Å². The van der Waals surface area contributed by atoms with Crippen LogP contribution in [-0.4, -0.2) is 21.3 Å². The average Bonchev–Trinajstić information content (AvgIpc) is 3.06. The van der Waals surface area contributed by atoms with E-state index in [9.17, 15) is 4.79 Å². The van der Waals surface area contributed by atoms with Crippen molar-refractivity contribution >= 4 is 5.91 Å². The minimum Gasteiger partial charge on any atom is -0.457 e. The van der Waals surface area contributed by atoms with Crippen LogP contribution in [0, 0.1) is 11.3 Å². The monoisotopic (exact) mass is 305 g/mol. The second-order valence-electron chi connectivity index (χ2n) is 4.65. The third-order valence-corrected chi connectivity index (χ3v) is 3.11. The van der Waals surface area contributed by atoms with Gasteiger partial charge in [-0.25, -0.2) is 0 Å². The van der Waals surface area contributed by atoms with Crippen LogP contribution in [0.25, 0.3) is 11.3 Å². The molecule has 1 aromatic heterocycles. The molecule has 0 bridgehead atoms. The summed E-state index contributed by atoms with van der Waals surface area (Å²) in [7, 11) is 0. The molecule has 0 radical (unpaired) electrons. The summed E-state index contributed by atoms with van der Waals surface area (Å²) in [4.78, 5) is 11.3. The number of rotatable bonds is 4. The maximum Gasteiger partial charge on any atom is 0.271 e. The molecule has 23 heavy (non-hydrogen) atoms. The summed E-state index contributed by atoms with van der Waals surface area (Å²) in [5.41, 5.74) is 6.91. The summed E-state index contributed by atoms with van der Waals surface area (Å²) in [6.07, 6.45) is 0. The molecule has 0 aliphatic carbocycles. The number of aromatic amines is 1. The fourth-order valence-electron chi connectivity index (χ4n) is 2.04. The van der Waals surface area contributed by atoms with E-state index in [0.717, 1.165) is 0 Å². The van der Waals surface area contributed by atoms with Gasteiger partial charge in [0.1, 0.15) is 17.2 Å². The lowest BCUT2D eigenvalue weighted by atomic mass is 10.1. The van der Waals surface area contributed by atoms with Crippen molar-refractivity contribution in [2.75, 3.05) is 0 Å². The van der Waals surface area contributed by atoms with E-state index in [0.29, 0.717) is 28.3 Å². The van der Waals surface area contributed by atoms with E-state index in [1.807, 2.05) is 6.07 Å². The zero-order chi connectivity index (χ0) is 16.2. The number of hydrogen-bond donors (Lipinski definition) is 2. The lowest BCUT2D eigenvalue weighted by Crippen LogP contribution is -2.12. The number of aromatic nitrogens is 3. The van der Waals surface area contributed by atoms with Gasteiger partial charge in [-0.1, -0.05) is 12.1 Å². The number of primary amides is 1. The van der Waals surface area contributed by atoms with Crippen molar-refractivity contribution in [3.8, 4) is 28.8 Å². The predicted octanol–water partition coefficient (Wildman–Crippen LogP) is 2.23. The Balaban J connectivity index is 1.89. The lowest BCUT2D eigenvalue weighted by Gasteiger charge is -2.07. The molecule has 0 aliphatic heterocycles. The van der Waals surface area contributed by atoms with Gasteiger partial charge < -0.3 is 10.5 Å². The van der Waals surface area contributed by atoms with Crippen LogP contribution in [0.4, 0.5) is 0 Å². The van der Waals surface area contributed by atoms with E-state index < -0.39 is 5.91 Å². The minimum absolute atomic E-state index is 0.0699. The Hall–Kier alpha value is -3.66. The molecule has 1 heterocycles. The highest BCUT2D eigenvalue weighted by atomic mass is 16.5. The molecule has 0 spiro atoms. The van der Waals surface area contributed by atoms with E-state index >= 15 is 0 Å². The van der Waals surface area contributed by atoms with Crippen LogP contribution in [-0.2, 0) is 0 Å². The number of benzene rings is 2. The van der Waals surface area contributed by atoms with Crippen LogP contribution in [0.5, 0.6) is 11.5 Å². The minimum atomic E-state index is -0.660. The highest BCUT2D eigenvalue weighted by Crippen LogP contribution is 2.27. The molecular weight excluding hydrogens is 294 g/mol. The SMILES string of the molecule is N#Cc1ccc(Oc2cccc(-c3n[nH]nc3C(N)=O)c2)cc1. The van der Waals surface area contributed by atoms with E-state index in [1.54, 1.807) is 48.5 Å². The normalized spacial score (nSPS) is 10.0. The number of carbonyl (C=O) groups excluding carboxylic acids is 1. The number of nitriles is 1. The van der Waals surface area contributed by atoms with Gasteiger partial charge in [-0.05, 0) is 36.4 Å². The van der Waals surface area contributed by atoms with Gasteiger partial charge in [-0.2, -0.15) is 20.7 Å². The first-order valence-corrected chi connectivity index (χ1v) is 6.66. The molecule has 0 saturated carbocycles. The first kappa shape index (κ1) is 14.3. The maximum absolute atomic E-state index is 11.3. The number of ether oxygens (including phenoxy) is 1. The summed E-state index contributed by atoms with van der Waals surface area (Å²) in [5.74, 6) is 0.495. The van der Waals surface area contributed by atoms with Crippen molar-refractivity contribution in [2.24, 2.45) is 5.73 Å². The van der Waals surface area contributed by atoms with Crippen molar-refractivity contribution in [2.45, 2.75) is 0 Å². The van der Waals surface area contributed by atoms with Crippen LogP contribution < -0.4 is 10.5 Å². The summed E-state index contributed by atoms with van der Waals surface area (Å²) in [6.45, 7) is 0. The molecule has 2 aromatic carbocycles. The van der Waals surface area contributed by atoms with Crippen molar-refractivity contribution < 1.29 is 9.53 Å². The van der Waals surface area contributed by atoms with Gasteiger partial charge >= 0.3 is 0 Å². The molecule has 0 saturated heterocycles. The molecule has 7 nitrogen and oxygen atoms in total. The van der Waals surface area contributed by atoms with E-state index in [1.165, 1.54) is 0 Å². The van der Waals surface area contributed by atoms with Crippen molar-refractivity contribution in [3.63, 3.8) is 0 Å². The van der Waals surface area contributed by atoms with E-state index in [2.05, 4.69) is 15.4 Å². The molecule has 1 amide bonds. The topological polar surface area (TPSA) is 118 Å². The smallest absolute Gasteiger partial charge is 0.271 e. The summed E-state index contributed by atoms with van der Waals surface area (Å²) >= 11 is 0. The maximum atomic E-state index is 11.3. The van der Waals surface area contributed by atoms with Gasteiger partial charge in [-0.15, -0.1) is 0 Å². The number of carbonyl (C=O) groups is 1. The van der Waals surface area contributed by atoms with Gasteiger partial charge in [0.15, 0.2) is 5.69 Å². The molecule has 112 valence electrons. The quantitative estimate of drug-likeness (QED) is 0.766. The first-order valence-electron chi connectivity index (χ1n) is 6.66. The average molecular weight is 305 g/mol. The van der Waals surface area contributed by atoms with E-state index in [-0.39, 0.29) is 5.69 Å². The first-order chi connectivity index (χ1) is 11.2. The van der Waals surface area contributed by atoms with Crippen molar-refractivity contribution in [1.82, 2.24) is 15.4 Å². The number of nitrogens with zero attached hydrogens (tertiary/aromatic N) is 3. The molecule has 0 aliphatic rings. The molecule has 7 heteroatoms. The lowest BCUT2D eigenvalue weighted by molar-refractivity contribution is 0.0996. The van der Waals surface area contributed by atoms with Crippen LogP contribution in [0.3, 0.4) is 0 Å². The number of nitrogens with one attached hydrogen (secondary N) is 1. The molecular formula is C16H11N5O2. The largest absolute Gasteiger partial charge is 0.457 e. The fourth-order valence-corrected chi connectivity index (χ4v) is 2.04. The number of amides is 1. The summed E-state index contributed by atoms with van der Waals surface area (Å²) in [6, 6.07) is 15.8. The zero-order valence-electron chi connectivity index (χ0n) is 11.9. The van der Waals surface area contributed by atoms with Crippen LogP contribution in [0.15, 0.2) is 48.5 Å². The standard InChI is InChI=1S/C16H11N5O2/c17-9-10-4-6-12(7-5-10)23-13-3-1-2-11(8-13)14-15(16(18)22)20-21-19-14/h1-8H,(H2,18,22)(H,19,20,21). The Morgan fingerprint density at radius 1 is 1.13 bits per heavy atom. The Labute approximate surface area is 131 Å². The highest BCUT2D eigenvalue weighted by molar-refractivity contribution is 5.96. The van der Waals surface area contributed by atoms with Crippen molar-refractivity contribution in [1.29, 1.82) is 5.26 Å². The van der Waals surface area contributed by atoms with Gasteiger partial charge in [0.05, 0.1) is 11.6 Å². The third-order valence-electron chi connectivity index (χ3n) is 3.11. The van der Waals surface area contributed by atoms with Gasteiger partial charge in [0.2, 0.25) is 0 Å². The highest BCUT2D eigenvalue weighted by Gasteiger charge is 2.15. The second kappa shape index (κ2) is 5.99. The third kappa shape index (κ3) is 3.01. The fraction of sp³-hybridized carbons (Fsp3) is 0. The molecule has 3 N–H and O–H groups in total. The Morgan fingerprint density at radius 3 is 2.61 bits per heavy atom. The molecule has 0 fully saturated rings. The molecule has 3 aromatic rings. The summed E-state index contributed by atoms with van der Waals surface area (Å²) < 4.78 is 5.73. The number of hydrogen-bond acceptors (Lipinski definition) is 5. The van der Waals surface area contributed by atoms with Gasteiger partial charge in [-0.3, -0.25) is 4.79 Å². The zero-order valence-corrected chi connectivity index (χ0v) is 11.9. The molecule has 0 unspecified atom stereocenters. The number of H-pyrrole nitrogens is 1. The Bertz CT molecular complexity index is 893. The summed E-state index contributed by atoms with van der Waals surface area (Å²) in [5, 5.41) is 18.9. The molecule has 0 atom stereocenters. The second-order valence-corrected chi connectivity index (χ2v) is 4.65. The number of nitrogens with two attached hydrogens (primary N) is 1. The van der Waals surface area contributed by atoms with E-state index in [4.69, 9.17) is 15.7 Å². The molecule has 3 rings (SSSR count). The van der Waals surface area contributed by atoms with Gasteiger partial charge in [0.25, 0.3) is 5.91 Å². The Kier molecular flexibility index (Phi) is 3.72. The van der Waals surface area contributed by atoms with Crippen molar-refractivity contribution in [3.05, 3.63) is 59.8 Å². The Morgan fingerprint density at radius 2 is 1.91 bits per heavy atom. The van der Waals surface area contributed by atoms with Crippen LogP contribution in [0.1, 0.15) is 16.1 Å². The van der Waals surface area contributed by atoms with Gasteiger partial charge in [0, 0.05) is 5.56 Å².